The zero-order chi connectivity index (χ0) is 20.2. The van der Waals surface area contributed by atoms with Crippen LogP contribution in [0.15, 0.2) is 52.3 Å². The van der Waals surface area contributed by atoms with Crippen molar-refractivity contribution in [2.45, 2.75) is 15.4 Å². The number of benzene rings is 1. The second kappa shape index (κ2) is 9.11. The number of nitrogens with zero attached hydrogens (tertiary/aromatic N) is 2. The molecule has 2 aromatic rings. The third-order valence-electron chi connectivity index (χ3n) is 3.85. The lowest BCUT2D eigenvalue weighted by atomic mass is 10.0. The lowest BCUT2D eigenvalue weighted by Crippen LogP contribution is -2.43. The monoisotopic (exact) mass is 494 g/mol. The number of aromatic nitrogens is 1. The van der Waals surface area contributed by atoms with E-state index in [0.29, 0.717) is 10.6 Å². The summed E-state index contributed by atoms with van der Waals surface area (Å²) in [5, 5.41) is 11.3. The van der Waals surface area contributed by atoms with E-state index in [9.17, 15) is 17.7 Å². The Labute approximate surface area is 175 Å². The molecule has 0 radical (unpaired) electrons. The van der Waals surface area contributed by atoms with Crippen molar-refractivity contribution in [2.24, 2.45) is 0 Å². The predicted octanol–water partition coefficient (Wildman–Crippen LogP) is 2.42. The zero-order valence-corrected chi connectivity index (χ0v) is 18.8. The van der Waals surface area contributed by atoms with Crippen LogP contribution in [0.5, 0.6) is 0 Å². The van der Waals surface area contributed by atoms with Crippen molar-refractivity contribution < 1.29 is 17.7 Å². The number of pyridine rings is 1. The van der Waals surface area contributed by atoms with E-state index in [0.717, 1.165) is 0 Å². The molecule has 0 fully saturated rings. The molecule has 0 saturated heterocycles. The van der Waals surface area contributed by atoms with Crippen LogP contribution in [0.3, 0.4) is 0 Å². The smallest absolute Gasteiger partial charge is 0.191 e. The van der Waals surface area contributed by atoms with Gasteiger partial charge in [-0.3, -0.25) is 9.11 Å². The Hall–Kier alpha value is -0.840. The molecule has 0 saturated carbocycles. The number of halogens is 2. The van der Waals surface area contributed by atoms with E-state index in [4.69, 9.17) is 11.6 Å². The normalized spacial score (nSPS) is 15.5. The third kappa shape index (κ3) is 5.82. The van der Waals surface area contributed by atoms with Crippen molar-refractivity contribution >= 4 is 48.2 Å². The minimum absolute atomic E-state index is 0.0296. The minimum Gasteiger partial charge on any atom is -0.381 e. The molecule has 0 aliphatic heterocycles. The van der Waals surface area contributed by atoms with Gasteiger partial charge in [0.1, 0.15) is 16.6 Å². The first-order valence-electron chi connectivity index (χ1n) is 7.83. The molecule has 2 unspecified atom stereocenters. The molecule has 1 N–H and O–H groups in total. The highest BCUT2D eigenvalue weighted by molar-refractivity contribution is 9.09. The highest BCUT2D eigenvalue weighted by atomic mass is 79.9. The molecule has 0 aliphatic rings. The van der Waals surface area contributed by atoms with Gasteiger partial charge in [-0.05, 0) is 43.4 Å². The van der Waals surface area contributed by atoms with E-state index < -0.39 is 26.2 Å². The van der Waals surface area contributed by atoms with Crippen molar-refractivity contribution in [1.82, 2.24) is 9.88 Å². The Bertz CT molecular complexity index is 925. The number of alkyl halides is 1. The van der Waals surface area contributed by atoms with E-state index in [1.807, 2.05) is 0 Å². The van der Waals surface area contributed by atoms with Gasteiger partial charge in [-0.2, -0.15) is 0 Å². The van der Waals surface area contributed by atoms with Gasteiger partial charge in [0.15, 0.2) is 9.84 Å². The molecule has 0 bridgehead atoms. The fourth-order valence-corrected chi connectivity index (χ4v) is 5.07. The standard InChI is InChI=1S/C17H20BrClN2O4S2/c1-21(11-17(22,10-18)15-4-3-5-16(19)20-15)12-27(24,25)14-8-6-13(7-9-14)26(2)23/h3-9,22H,10-12H2,1-2H3. The van der Waals surface area contributed by atoms with Crippen LogP contribution in [0.4, 0.5) is 0 Å². The van der Waals surface area contributed by atoms with E-state index in [1.54, 1.807) is 25.2 Å². The van der Waals surface area contributed by atoms with Crippen molar-refractivity contribution in [3.05, 3.63) is 53.3 Å². The fraction of sp³-hybridized carbons (Fsp3) is 0.353. The number of sulfone groups is 1. The summed E-state index contributed by atoms with van der Waals surface area (Å²) in [5.74, 6) is -0.294. The minimum atomic E-state index is -3.62. The molecule has 0 amide bonds. The van der Waals surface area contributed by atoms with Gasteiger partial charge in [-0.1, -0.05) is 33.6 Å². The Morgan fingerprint density at radius 1 is 1.26 bits per heavy atom. The first kappa shape index (κ1) is 22.4. The molecular weight excluding hydrogens is 476 g/mol. The van der Waals surface area contributed by atoms with Crippen LogP contribution in [-0.2, 0) is 26.2 Å². The lowest BCUT2D eigenvalue weighted by molar-refractivity contribution is 0.0300. The molecule has 0 spiro atoms. The molecule has 1 aromatic carbocycles. The quantitative estimate of drug-likeness (QED) is 0.447. The fourth-order valence-electron chi connectivity index (χ4n) is 2.55. The third-order valence-corrected chi connectivity index (χ3v) is 7.69. The van der Waals surface area contributed by atoms with E-state index in [1.165, 1.54) is 35.4 Å². The molecule has 148 valence electrons. The summed E-state index contributed by atoms with van der Waals surface area (Å²) >= 11 is 9.17. The summed E-state index contributed by atoms with van der Waals surface area (Å²) in [6.07, 6.45) is 1.53. The Morgan fingerprint density at radius 2 is 1.89 bits per heavy atom. The Kier molecular flexibility index (Phi) is 7.57. The maximum absolute atomic E-state index is 12.6. The summed E-state index contributed by atoms with van der Waals surface area (Å²) in [4.78, 5) is 6.33. The maximum Gasteiger partial charge on any atom is 0.191 e. The topological polar surface area (TPSA) is 87.6 Å². The number of likely N-dealkylation sites (N-methyl/N-ethyl adjacent to an activating group) is 1. The van der Waals surface area contributed by atoms with Crippen molar-refractivity contribution in [3.8, 4) is 0 Å². The largest absolute Gasteiger partial charge is 0.381 e. The van der Waals surface area contributed by atoms with Crippen LogP contribution < -0.4 is 0 Å². The average molecular weight is 496 g/mol. The van der Waals surface area contributed by atoms with Gasteiger partial charge < -0.3 is 5.11 Å². The summed E-state index contributed by atoms with van der Waals surface area (Å²) in [7, 11) is -3.19. The van der Waals surface area contributed by atoms with Crippen molar-refractivity contribution in [2.75, 3.05) is 31.1 Å². The van der Waals surface area contributed by atoms with Crippen LogP contribution >= 0.6 is 27.5 Å². The molecule has 2 rings (SSSR count). The van der Waals surface area contributed by atoms with Gasteiger partial charge in [0.25, 0.3) is 0 Å². The lowest BCUT2D eigenvalue weighted by Gasteiger charge is -2.30. The number of rotatable bonds is 8. The predicted molar refractivity (Wildman–Crippen MR) is 110 cm³/mol. The van der Waals surface area contributed by atoms with Gasteiger partial charge in [0.05, 0.1) is 10.6 Å². The van der Waals surface area contributed by atoms with Gasteiger partial charge in [0.2, 0.25) is 0 Å². The molecule has 1 aromatic heterocycles. The molecule has 2 atom stereocenters. The molecular formula is C17H20BrClN2O4S2. The van der Waals surface area contributed by atoms with Gasteiger partial charge in [0, 0.05) is 33.8 Å². The first-order valence-corrected chi connectivity index (χ1v) is 12.5. The van der Waals surface area contributed by atoms with Crippen LogP contribution in [0.1, 0.15) is 5.69 Å². The number of aliphatic hydroxyl groups is 1. The highest BCUT2D eigenvalue weighted by Crippen LogP contribution is 2.25. The zero-order valence-electron chi connectivity index (χ0n) is 14.8. The molecule has 6 nitrogen and oxygen atoms in total. The second-order valence-corrected chi connectivity index (χ2v) is 10.5. The van der Waals surface area contributed by atoms with Crippen LogP contribution in [0.25, 0.3) is 0 Å². The summed E-state index contributed by atoms with van der Waals surface area (Å²) < 4.78 is 36.7. The number of hydrogen-bond donors (Lipinski definition) is 1. The van der Waals surface area contributed by atoms with Crippen molar-refractivity contribution in [1.29, 1.82) is 0 Å². The molecule has 1 heterocycles. The molecule has 10 heteroatoms. The Balaban J connectivity index is 2.17. The molecule has 0 aliphatic carbocycles. The maximum atomic E-state index is 12.6. The van der Waals surface area contributed by atoms with Crippen LogP contribution in [-0.4, -0.2) is 58.7 Å². The highest BCUT2D eigenvalue weighted by Gasteiger charge is 2.33. The summed E-state index contributed by atoms with van der Waals surface area (Å²) in [5.41, 5.74) is -1.05. The van der Waals surface area contributed by atoms with E-state index >= 15 is 0 Å². The second-order valence-electron chi connectivity index (χ2n) is 6.19. The van der Waals surface area contributed by atoms with Gasteiger partial charge in [-0.25, -0.2) is 13.4 Å². The van der Waals surface area contributed by atoms with Crippen molar-refractivity contribution in [3.63, 3.8) is 0 Å². The van der Waals surface area contributed by atoms with Gasteiger partial charge >= 0.3 is 0 Å². The van der Waals surface area contributed by atoms with E-state index in [2.05, 4.69) is 20.9 Å². The van der Waals surface area contributed by atoms with Gasteiger partial charge in [-0.15, -0.1) is 0 Å². The SMILES string of the molecule is CN(CC(O)(CBr)c1cccc(Cl)n1)CS(=O)(=O)c1ccc(S(C)=O)cc1. The van der Waals surface area contributed by atoms with Crippen LogP contribution in [0, 0.1) is 0 Å². The van der Waals surface area contributed by atoms with E-state index in [-0.39, 0.29) is 27.8 Å². The number of hydrogen-bond acceptors (Lipinski definition) is 6. The average Bonchev–Trinajstić information content (AvgIpc) is 2.61. The first-order chi connectivity index (χ1) is 12.6. The Morgan fingerprint density at radius 3 is 2.41 bits per heavy atom. The molecule has 27 heavy (non-hydrogen) atoms. The summed E-state index contributed by atoms with van der Waals surface area (Å²) in [6.45, 7) is 0.0296. The summed E-state index contributed by atoms with van der Waals surface area (Å²) in [6, 6.07) is 10.9. The van der Waals surface area contributed by atoms with Crippen LogP contribution in [0.2, 0.25) is 5.15 Å².